The molecule has 33 heavy (non-hydrogen) atoms. The Kier molecular flexibility index (Phi) is 6.29. The summed E-state index contributed by atoms with van der Waals surface area (Å²) in [6, 6.07) is 19.1. The number of carbonyl (C=O) groups excluding carboxylic acids is 2. The number of amides is 2. The van der Waals surface area contributed by atoms with Crippen LogP contribution in [-0.4, -0.2) is 11.1 Å². The number of halogens is 3. The van der Waals surface area contributed by atoms with Gasteiger partial charge in [0.15, 0.2) is 0 Å². The van der Waals surface area contributed by atoms with Gasteiger partial charge < -0.3 is 4.74 Å². The van der Waals surface area contributed by atoms with Gasteiger partial charge in [0.05, 0.1) is 16.2 Å². The van der Waals surface area contributed by atoms with E-state index in [4.69, 9.17) is 4.74 Å². The van der Waals surface area contributed by atoms with E-state index in [1.165, 1.54) is 18.2 Å². The molecule has 0 aromatic heterocycles. The largest absolute Gasteiger partial charge is 0.488 e. The molecule has 0 N–H and O–H groups in total. The summed E-state index contributed by atoms with van der Waals surface area (Å²) < 4.78 is 45.1. The van der Waals surface area contributed by atoms with Gasteiger partial charge in [-0.25, -0.2) is 4.90 Å². The molecule has 0 aliphatic carbocycles. The number of benzene rings is 3. The van der Waals surface area contributed by atoms with E-state index in [1.54, 1.807) is 24.3 Å². The van der Waals surface area contributed by atoms with Gasteiger partial charge in [0, 0.05) is 5.56 Å². The first-order chi connectivity index (χ1) is 15.7. The first-order valence-electron chi connectivity index (χ1n) is 9.95. The van der Waals surface area contributed by atoms with Crippen molar-refractivity contribution in [3.8, 4) is 5.75 Å². The Morgan fingerprint density at radius 2 is 1.70 bits per heavy atom. The lowest BCUT2D eigenvalue weighted by molar-refractivity contribution is -0.137. The molecule has 168 valence electrons. The lowest BCUT2D eigenvalue weighted by Gasteiger charge is -2.15. The molecule has 4 nitrogen and oxygen atoms in total. The molecular formula is C25H18F3NO3S. The summed E-state index contributed by atoms with van der Waals surface area (Å²) >= 11 is 0.671. The maximum Gasteiger partial charge on any atom is 0.416 e. The average molecular weight is 469 g/mol. The van der Waals surface area contributed by atoms with Gasteiger partial charge in [-0.1, -0.05) is 54.1 Å². The molecule has 0 unspecified atom stereocenters. The minimum Gasteiger partial charge on any atom is -0.488 e. The quantitative estimate of drug-likeness (QED) is 0.384. The van der Waals surface area contributed by atoms with Crippen LogP contribution < -0.4 is 9.64 Å². The van der Waals surface area contributed by atoms with Crippen LogP contribution in [0.1, 0.15) is 22.3 Å². The van der Waals surface area contributed by atoms with Gasteiger partial charge in [0.25, 0.3) is 11.1 Å². The number of aryl methyl sites for hydroxylation is 1. The molecule has 0 radical (unpaired) electrons. The van der Waals surface area contributed by atoms with E-state index in [0.29, 0.717) is 29.7 Å². The molecule has 8 heteroatoms. The molecule has 0 bridgehead atoms. The molecule has 1 saturated heterocycles. The van der Waals surface area contributed by atoms with Crippen molar-refractivity contribution in [1.29, 1.82) is 0 Å². The summed E-state index contributed by atoms with van der Waals surface area (Å²) in [5, 5.41) is -0.663. The molecule has 0 spiro atoms. The number of imide groups is 1. The summed E-state index contributed by atoms with van der Waals surface area (Å²) in [6.07, 6.45) is -3.07. The van der Waals surface area contributed by atoms with Crippen LogP contribution in [0, 0.1) is 6.92 Å². The highest BCUT2D eigenvalue weighted by Gasteiger charge is 2.38. The molecule has 1 heterocycles. The number of ether oxygens (including phenoxy) is 1. The highest BCUT2D eigenvalue weighted by molar-refractivity contribution is 8.19. The van der Waals surface area contributed by atoms with E-state index >= 15 is 0 Å². The Bertz CT molecular complexity index is 1240. The van der Waals surface area contributed by atoms with Crippen molar-refractivity contribution in [2.24, 2.45) is 0 Å². The zero-order valence-corrected chi connectivity index (χ0v) is 18.2. The second kappa shape index (κ2) is 9.15. The number of hydrogen-bond donors (Lipinski definition) is 0. The fourth-order valence-electron chi connectivity index (χ4n) is 3.23. The number of anilines is 1. The van der Waals surface area contributed by atoms with Gasteiger partial charge in [-0.3, -0.25) is 9.59 Å². The second-order valence-corrected chi connectivity index (χ2v) is 8.37. The van der Waals surface area contributed by atoms with E-state index in [-0.39, 0.29) is 10.6 Å². The number of thioether (sulfide) groups is 1. The predicted octanol–water partition coefficient (Wildman–Crippen LogP) is 6.83. The molecule has 1 aliphatic heterocycles. The Balaban J connectivity index is 1.57. The van der Waals surface area contributed by atoms with E-state index in [9.17, 15) is 22.8 Å². The van der Waals surface area contributed by atoms with Crippen molar-refractivity contribution in [2.75, 3.05) is 4.90 Å². The summed E-state index contributed by atoms with van der Waals surface area (Å²) in [5.74, 6) is -0.165. The Hall–Kier alpha value is -3.52. The molecule has 3 aromatic carbocycles. The Morgan fingerprint density at radius 1 is 0.970 bits per heavy atom. The third-order valence-corrected chi connectivity index (χ3v) is 5.82. The molecule has 0 atom stereocenters. The Labute approximate surface area is 192 Å². The van der Waals surface area contributed by atoms with Crippen LogP contribution in [0.3, 0.4) is 0 Å². The minimum absolute atomic E-state index is 0.101. The summed E-state index contributed by atoms with van der Waals surface area (Å²) in [4.78, 5) is 26.2. The first-order valence-corrected chi connectivity index (χ1v) is 10.8. The monoisotopic (exact) mass is 469 g/mol. The summed E-state index contributed by atoms with van der Waals surface area (Å²) in [6.45, 7) is 2.31. The number of carbonyl (C=O) groups is 2. The smallest absolute Gasteiger partial charge is 0.416 e. The van der Waals surface area contributed by atoms with E-state index in [0.717, 1.165) is 28.2 Å². The van der Waals surface area contributed by atoms with Gasteiger partial charge >= 0.3 is 6.18 Å². The highest BCUT2D eigenvalue weighted by atomic mass is 32.2. The van der Waals surface area contributed by atoms with Crippen molar-refractivity contribution in [2.45, 2.75) is 19.7 Å². The van der Waals surface area contributed by atoms with Gasteiger partial charge in [0.2, 0.25) is 0 Å². The van der Waals surface area contributed by atoms with Gasteiger partial charge in [-0.05, 0) is 54.6 Å². The fourth-order valence-corrected chi connectivity index (χ4v) is 4.06. The topological polar surface area (TPSA) is 46.6 Å². The van der Waals surface area contributed by atoms with Crippen molar-refractivity contribution in [3.63, 3.8) is 0 Å². The van der Waals surface area contributed by atoms with Crippen molar-refractivity contribution in [1.82, 2.24) is 0 Å². The number of rotatable bonds is 5. The standard InChI is InChI=1S/C25H18F3NO3S/c1-16-9-11-17(12-10-16)15-32-21-8-3-2-5-18(21)13-22-23(30)29(24(31)33-22)20-7-4-6-19(14-20)25(26,27)28/h2-14H,15H2,1H3/b22-13-. The summed E-state index contributed by atoms with van der Waals surface area (Å²) in [7, 11) is 0. The number of alkyl halides is 3. The highest BCUT2D eigenvalue weighted by Crippen LogP contribution is 2.39. The van der Waals surface area contributed by atoms with Crippen LogP contribution in [0.25, 0.3) is 6.08 Å². The van der Waals surface area contributed by atoms with Gasteiger partial charge in [-0.2, -0.15) is 13.2 Å². The van der Waals surface area contributed by atoms with Crippen LogP contribution >= 0.6 is 11.8 Å². The Morgan fingerprint density at radius 3 is 2.42 bits per heavy atom. The van der Waals surface area contributed by atoms with Crippen LogP contribution in [0.5, 0.6) is 5.75 Å². The van der Waals surface area contributed by atoms with Crippen LogP contribution in [0.15, 0.2) is 77.7 Å². The SMILES string of the molecule is Cc1ccc(COc2ccccc2/C=C2\SC(=O)N(c3cccc(C(F)(F)F)c3)C2=O)cc1. The molecule has 2 amide bonds. The fraction of sp³-hybridized carbons (Fsp3) is 0.120. The van der Waals surface area contributed by atoms with E-state index in [1.807, 2.05) is 31.2 Å². The first kappa shape index (κ1) is 22.7. The van der Waals surface area contributed by atoms with Crippen molar-refractivity contribution < 1.29 is 27.5 Å². The van der Waals surface area contributed by atoms with E-state index < -0.39 is 22.9 Å². The van der Waals surface area contributed by atoms with E-state index in [2.05, 4.69) is 0 Å². The maximum absolute atomic E-state index is 13.1. The molecule has 1 fully saturated rings. The summed E-state index contributed by atoms with van der Waals surface area (Å²) in [5.41, 5.74) is 1.63. The molecule has 3 aromatic rings. The minimum atomic E-state index is -4.58. The normalized spacial score (nSPS) is 15.4. The molecular weight excluding hydrogens is 451 g/mol. The number of para-hydroxylation sites is 1. The molecule has 4 rings (SSSR count). The zero-order valence-electron chi connectivity index (χ0n) is 17.4. The number of hydrogen-bond acceptors (Lipinski definition) is 4. The van der Waals surface area contributed by atoms with Crippen molar-refractivity contribution >= 4 is 34.7 Å². The third kappa shape index (κ3) is 5.12. The van der Waals surface area contributed by atoms with Crippen LogP contribution in [0.2, 0.25) is 0 Å². The van der Waals surface area contributed by atoms with Gasteiger partial charge in [-0.15, -0.1) is 0 Å². The third-order valence-electron chi connectivity index (χ3n) is 4.95. The predicted molar refractivity (Wildman–Crippen MR) is 122 cm³/mol. The molecule has 0 saturated carbocycles. The lowest BCUT2D eigenvalue weighted by Crippen LogP contribution is -2.28. The van der Waals surface area contributed by atoms with Crippen LogP contribution in [-0.2, 0) is 17.6 Å². The zero-order chi connectivity index (χ0) is 23.6. The number of nitrogens with zero attached hydrogens (tertiary/aromatic N) is 1. The lowest BCUT2D eigenvalue weighted by atomic mass is 10.1. The maximum atomic E-state index is 13.1. The van der Waals surface area contributed by atoms with Crippen molar-refractivity contribution in [3.05, 3.63) is 100.0 Å². The van der Waals surface area contributed by atoms with Crippen LogP contribution in [0.4, 0.5) is 23.7 Å². The van der Waals surface area contributed by atoms with Gasteiger partial charge in [0.1, 0.15) is 12.4 Å². The average Bonchev–Trinajstić information content (AvgIpc) is 3.06. The molecule has 1 aliphatic rings. The second-order valence-electron chi connectivity index (χ2n) is 7.38.